The van der Waals surface area contributed by atoms with Crippen LogP contribution >= 0.6 is 11.3 Å². The Morgan fingerprint density at radius 2 is 1.94 bits per heavy atom. The molecule has 0 aliphatic carbocycles. The maximum atomic E-state index is 13.5. The summed E-state index contributed by atoms with van der Waals surface area (Å²) in [6.07, 6.45) is 3.58. The zero-order chi connectivity index (χ0) is 23.9. The molecule has 0 unspecified atom stereocenters. The van der Waals surface area contributed by atoms with Crippen LogP contribution in [0.25, 0.3) is 21.3 Å². The summed E-state index contributed by atoms with van der Waals surface area (Å²) in [6, 6.07) is 15.1. The van der Waals surface area contributed by atoms with Gasteiger partial charge in [0.2, 0.25) is 0 Å². The summed E-state index contributed by atoms with van der Waals surface area (Å²) in [5.74, 6) is -0.529. The number of hydrogen-bond acceptors (Lipinski definition) is 5. The van der Waals surface area contributed by atoms with Crippen LogP contribution in [0.5, 0.6) is 0 Å². The van der Waals surface area contributed by atoms with Crippen LogP contribution in [-0.2, 0) is 0 Å². The van der Waals surface area contributed by atoms with Gasteiger partial charge in [0.15, 0.2) is 0 Å². The average Bonchev–Trinajstić information content (AvgIpc) is 3.25. The number of urea groups is 1. The van der Waals surface area contributed by atoms with Gasteiger partial charge in [-0.1, -0.05) is 30.3 Å². The van der Waals surface area contributed by atoms with E-state index in [1.807, 2.05) is 24.3 Å². The third-order valence-corrected chi connectivity index (χ3v) is 7.48. The van der Waals surface area contributed by atoms with Crippen molar-refractivity contribution in [3.8, 4) is 11.1 Å². The zero-order valence-electron chi connectivity index (χ0n) is 18.7. The Hall–Kier alpha value is -3.82. The van der Waals surface area contributed by atoms with Gasteiger partial charge in [0.05, 0.1) is 22.4 Å². The van der Waals surface area contributed by atoms with E-state index in [-0.39, 0.29) is 23.8 Å². The maximum Gasteiger partial charge on any atom is 0.331 e. The summed E-state index contributed by atoms with van der Waals surface area (Å²) < 4.78 is 13.5. The van der Waals surface area contributed by atoms with Gasteiger partial charge in [-0.3, -0.25) is 9.69 Å². The zero-order valence-corrected chi connectivity index (χ0v) is 19.5. The molecule has 176 valence electrons. The number of piperidine rings is 1. The minimum absolute atomic E-state index is 0.0551. The highest BCUT2D eigenvalue weighted by molar-refractivity contribution is 7.21. The lowest BCUT2D eigenvalue weighted by Crippen LogP contribution is -2.45. The number of carbonyl (C=O) groups is 2. The molecule has 3 N–H and O–H groups in total. The van der Waals surface area contributed by atoms with Crippen molar-refractivity contribution in [3.05, 3.63) is 71.5 Å². The van der Waals surface area contributed by atoms with Crippen LogP contribution < -0.4 is 20.9 Å². The van der Waals surface area contributed by atoms with Crippen LogP contribution in [0.3, 0.4) is 0 Å². The maximum absolute atomic E-state index is 13.5. The Balaban J connectivity index is 1.44. The summed E-state index contributed by atoms with van der Waals surface area (Å²) in [5, 5.41) is 10.1. The molecule has 1 fully saturated rings. The van der Waals surface area contributed by atoms with Crippen molar-refractivity contribution in [1.29, 1.82) is 0 Å². The van der Waals surface area contributed by atoms with Gasteiger partial charge in [-0.25, -0.2) is 14.2 Å². The number of rotatable bonds is 4. The van der Waals surface area contributed by atoms with Crippen molar-refractivity contribution in [2.45, 2.75) is 18.9 Å². The van der Waals surface area contributed by atoms with Crippen molar-refractivity contribution in [2.24, 2.45) is 0 Å². The number of carbonyl (C=O) groups excluding carboxylic acids is 2. The Labute approximate surface area is 205 Å². The largest absolute Gasteiger partial charge is 0.347 e. The SMILES string of the molecule is O=C(N[C@@H]1CCCNC1)c1sc2nccc3c2c1NC(=O)N3c1ccccc1-c1ccc(F)cc1. The number of nitrogens with zero attached hydrogens (tertiary/aromatic N) is 2. The molecule has 6 rings (SSSR count). The molecule has 2 aromatic carbocycles. The molecule has 4 aromatic rings. The van der Waals surface area contributed by atoms with Gasteiger partial charge in [0.25, 0.3) is 5.91 Å². The van der Waals surface area contributed by atoms with Crippen LogP contribution in [0.15, 0.2) is 60.8 Å². The van der Waals surface area contributed by atoms with Crippen LogP contribution in [0.1, 0.15) is 22.5 Å². The van der Waals surface area contributed by atoms with Crippen LogP contribution in [0, 0.1) is 5.82 Å². The van der Waals surface area contributed by atoms with Gasteiger partial charge in [0.1, 0.15) is 15.5 Å². The molecule has 2 aliphatic heterocycles. The first-order valence-electron chi connectivity index (χ1n) is 11.5. The van der Waals surface area contributed by atoms with Crippen molar-refractivity contribution in [3.63, 3.8) is 0 Å². The molecule has 0 spiro atoms. The summed E-state index contributed by atoms with van der Waals surface area (Å²) in [7, 11) is 0. The van der Waals surface area contributed by atoms with E-state index >= 15 is 0 Å². The predicted octanol–water partition coefficient (Wildman–Crippen LogP) is 5.27. The van der Waals surface area contributed by atoms with Crippen molar-refractivity contribution < 1.29 is 14.0 Å². The van der Waals surface area contributed by atoms with E-state index in [9.17, 15) is 14.0 Å². The fourth-order valence-electron chi connectivity index (χ4n) is 4.75. The molecule has 1 saturated heterocycles. The van der Waals surface area contributed by atoms with Gasteiger partial charge in [-0.15, -0.1) is 11.3 Å². The molecule has 2 aromatic heterocycles. The normalized spacial score (nSPS) is 17.3. The van der Waals surface area contributed by atoms with E-state index in [4.69, 9.17) is 0 Å². The number of benzene rings is 2. The summed E-state index contributed by atoms with van der Waals surface area (Å²) in [6.45, 7) is 1.69. The first kappa shape index (κ1) is 21.7. The van der Waals surface area contributed by atoms with E-state index in [2.05, 4.69) is 20.9 Å². The molecule has 0 saturated carbocycles. The second-order valence-corrected chi connectivity index (χ2v) is 9.62. The molecule has 7 nitrogen and oxygen atoms in total. The highest BCUT2D eigenvalue weighted by Gasteiger charge is 2.34. The van der Waals surface area contributed by atoms with E-state index in [0.717, 1.165) is 42.4 Å². The van der Waals surface area contributed by atoms with Gasteiger partial charge < -0.3 is 16.0 Å². The lowest BCUT2D eigenvalue weighted by Gasteiger charge is -2.30. The number of amides is 3. The van der Waals surface area contributed by atoms with E-state index in [0.29, 0.717) is 26.8 Å². The third-order valence-electron chi connectivity index (χ3n) is 6.38. The molecule has 1 atom stereocenters. The number of halogens is 1. The fourth-order valence-corrected chi connectivity index (χ4v) is 5.77. The predicted molar refractivity (Wildman–Crippen MR) is 136 cm³/mol. The number of anilines is 3. The fraction of sp³-hybridized carbons (Fsp3) is 0.192. The Morgan fingerprint density at radius 1 is 1.11 bits per heavy atom. The average molecular weight is 488 g/mol. The van der Waals surface area contributed by atoms with Crippen LogP contribution in [0.2, 0.25) is 0 Å². The molecule has 4 heterocycles. The molecule has 35 heavy (non-hydrogen) atoms. The molecular weight excluding hydrogens is 465 g/mol. The Morgan fingerprint density at radius 3 is 2.74 bits per heavy atom. The highest BCUT2D eigenvalue weighted by atomic mass is 32.1. The first-order valence-corrected chi connectivity index (χ1v) is 12.3. The second-order valence-electron chi connectivity index (χ2n) is 8.62. The smallest absolute Gasteiger partial charge is 0.331 e. The standard InChI is InChI=1S/C26H22FN5O2S/c27-16-9-7-15(8-10-16)18-5-1-2-6-19(18)32-20-11-13-29-25-21(20)22(31-26(32)34)23(35-25)24(33)30-17-4-3-12-28-14-17/h1-2,5-11,13,17,28H,3-4,12,14H2,(H,30,33)(H,31,34)/t17-/m1/s1. The second kappa shape index (κ2) is 8.75. The summed E-state index contributed by atoms with van der Waals surface area (Å²) >= 11 is 1.27. The number of pyridine rings is 1. The van der Waals surface area contributed by atoms with E-state index < -0.39 is 0 Å². The van der Waals surface area contributed by atoms with Crippen molar-refractivity contribution in [2.75, 3.05) is 23.3 Å². The molecule has 3 amide bonds. The van der Waals surface area contributed by atoms with Gasteiger partial charge in [-0.2, -0.15) is 0 Å². The Bertz CT molecular complexity index is 1450. The summed E-state index contributed by atoms with van der Waals surface area (Å²) in [4.78, 5) is 33.9. The van der Waals surface area contributed by atoms with Crippen molar-refractivity contribution >= 4 is 50.6 Å². The van der Waals surface area contributed by atoms with Gasteiger partial charge in [-0.05, 0) is 49.2 Å². The lowest BCUT2D eigenvalue weighted by atomic mass is 10.0. The van der Waals surface area contributed by atoms with Crippen molar-refractivity contribution in [1.82, 2.24) is 15.6 Å². The molecular formula is C26H22FN5O2S. The van der Waals surface area contributed by atoms with Gasteiger partial charge >= 0.3 is 6.03 Å². The highest BCUT2D eigenvalue weighted by Crippen LogP contribution is 2.47. The number of nitrogens with one attached hydrogen (secondary N) is 3. The van der Waals surface area contributed by atoms with E-state index in [1.165, 1.54) is 23.5 Å². The minimum Gasteiger partial charge on any atom is -0.347 e. The third kappa shape index (κ3) is 3.82. The van der Waals surface area contributed by atoms with Crippen LogP contribution in [-0.4, -0.2) is 36.1 Å². The lowest BCUT2D eigenvalue weighted by molar-refractivity contribution is 0.0935. The molecule has 0 bridgehead atoms. The number of hydrogen-bond donors (Lipinski definition) is 3. The molecule has 9 heteroatoms. The van der Waals surface area contributed by atoms with Gasteiger partial charge in [0, 0.05) is 24.3 Å². The van der Waals surface area contributed by atoms with E-state index in [1.54, 1.807) is 29.3 Å². The molecule has 0 radical (unpaired) electrons. The Kier molecular flexibility index (Phi) is 5.43. The quantitative estimate of drug-likeness (QED) is 0.366. The molecule has 2 aliphatic rings. The topological polar surface area (TPSA) is 86.4 Å². The first-order chi connectivity index (χ1) is 17.1. The minimum atomic E-state index is -0.369. The van der Waals surface area contributed by atoms with Crippen LogP contribution in [0.4, 0.5) is 26.2 Å². The number of aromatic nitrogens is 1. The summed E-state index contributed by atoms with van der Waals surface area (Å²) in [5.41, 5.74) is 3.37. The number of thiophene rings is 1. The number of para-hydroxylation sites is 1. The monoisotopic (exact) mass is 487 g/mol.